The summed E-state index contributed by atoms with van der Waals surface area (Å²) in [6, 6.07) is 4.16. The van der Waals surface area contributed by atoms with Crippen molar-refractivity contribution in [3.8, 4) is 5.75 Å². The highest BCUT2D eigenvalue weighted by Crippen LogP contribution is 2.30. The van der Waals surface area contributed by atoms with Crippen LogP contribution in [0.15, 0.2) is 18.2 Å². The molecule has 0 aliphatic carbocycles. The Morgan fingerprint density at radius 1 is 1.53 bits per heavy atom. The maximum absolute atomic E-state index is 11.6. The number of piperidine rings is 1. The van der Waals surface area contributed by atoms with Gasteiger partial charge in [-0.25, -0.2) is 0 Å². The van der Waals surface area contributed by atoms with Gasteiger partial charge in [-0.2, -0.15) is 0 Å². The van der Waals surface area contributed by atoms with Gasteiger partial charge in [0.15, 0.2) is 5.75 Å². The van der Waals surface area contributed by atoms with Crippen LogP contribution in [0.5, 0.6) is 5.75 Å². The van der Waals surface area contributed by atoms with Crippen LogP contribution in [0.4, 0.5) is 11.4 Å². The summed E-state index contributed by atoms with van der Waals surface area (Å²) in [5.74, 6) is 0.120. The fourth-order valence-electron chi connectivity index (χ4n) is 2.03. The number of nitrogens with zero attached hydrogens (tertiary/aromatic N) is 1. The summed E-state index contributed by atoms with van der Waals surface area (Å²) in [5, 5.41) is 16.6. The quantitative estimate of drug-likeness (QED) is 0.632. The lowest BCUT2D eigenvalue weighted by Crippen LogP contribution is -2.44. The summed E-state index contributed by atoms with van der Waals surface area (Å²) in [7, 11) is 1.37. The Balaban J connectivity index is 2.17. The lowest BCUT2D eigenvalue weighted by atomic mass is 10.1. The van der Waals surface area contributed by atoms with Gasteiger partial charge in [-0.1, -0.05) is 0 Å². The average Bonchev–Trinajstić information content (AvgIpc) is 2.41. The third-order valence-corrected chi connectivity index (χ3v) is 3.00. The number of hydrogen-bond donors (Lipinski definition) is 2. The highest BCUT2D eigenvalue weighted by molar-refractivity contribution is 5.85. The lowest BCUT2D eigenvalue weighted by molar-refractivity contribution is -0.385. The van der Waals surface area contributed by atoms with Crippen molar-refractivity contribution >= 4 is 17.3 Å². The molecule has 102 valence electrons. The van der Waals surface area contributed by atoms with E-state index in [4.69, 9.17) is 4.74 Å². The number of nitro groups is 1. The average molecular weight is 265 g/mol. The molecule has 2 rings (SSSR count). The molecule has 1 aliphatic heterocycles. The van der Waals surface area contributed by atoms with Crippen LogP contribution in [0, 0.1) is 10.1 Å². The van der Waals surface area contributed by atoms with Crippen molar-refractivity contribution < 1.29 is 14.5 Å². The van der Waals surface area contributed by atoms with E-state index in [1.807, 2.05) is 0 Å². The number of carbonyl (C=O) groups is 1. The minimum Gasteiger partial charge on any atom is -0.490 e. The summed E-state index contributed by atoms with van der Waals surface area (Å²) < 4.78 is 4.98. The molecule has 7 nitrogen and oxygen atoms in total. The summed E-state index contributed by atoms with van der Waals surface area (Å²) in [5.41, 5.74) is 0.533. The number of amides is 1. The molecule has 1 heterocycles. The van der Waals surface area contributed by atoms with E-state index in [-0.39, 0.29) is 23.4 Å². The second kappa shape index (κ2) is 5.55. The van der Waals surface area contributed by atoms with Gasteiger partial charge in [0.2, 0.25) is 5.91 Å². The Morgan fingerprint density at radius 3 is 2.95 bits per heavy atom. The van der Waals surface area contributed by atoms with Crippen LogP contribution in [0.3, 0.4) is 0 Å². The van der Waals surface area contributed by atoms with Crippen molar-refractivity contribution in [2.24, 2.45) is 0 Å². The zero-order valence-corrected chi connectivity index (χ0v) is 10.5. The maximum atomic E-state index is 11.6. The monoisotopic (exact) mass is 265 g/mol. The second-order valence-corrected chi connectivity index (χ2v) is 4.27. The van der Waals surface area contributed by atoms with E-state index < -0.39 is 4.92 Å². The largest absolute Gasteiger partial charge is 0.490 e. The molecule has 0 bridgehead atoms. The van der Waals surface area contributed by atoms with Crippen molar-refractivity contribution in [2.75, 3.05) is 19.0 Å². The van der Waals surface area contributed by atoms with Crippen LogP contribution in [-0.2, 0) is 4.79 Å². The minimum absolute atomic E-state index is 0.0523. The Bertz CT molecular complexity index is 504. The first-order valence-electron chi connectivity index (χ1n) is 5.98. The zero-order chi connectivity index (χ0) is 13.8. The number of nitro benzene ring substituents is 1. The molecule has 0 spiro atoms. The van der Waals surface area contributed by atoms with Crippen LogP contribution in [0.1, 0.15) is 12.8 Å². The molecule has 1 aromatic rings. The SMILES string of the molecule is COc1cc(NC2CCCNC2=O)ccc1[N+](=O)[O-]. The first-order valence-corrected chi connectivity index (χ1v) is 5.98. The van der Waals surface area contributed by atoms with E-state index in [0.29, 0.717) is 12.2 Å². The molecule has 0 radical (unpaired) electrons. The van der Waals surface area contributed by atoms with Gasteiger partial charge in [-0.3, -0.25) is 14.9 Å². The molecule has 1 saturated heterocycles. The summed E-state index contributed by atoms with van der Waals surface area (Å²) >= 11 is 0. The van der Waals surface area contributed by atoms with Crippen LogP contribution < -0.4 is 15.4 Å². The molecule has 1 atom stereocenters. The number of methoxy groups -OCH3 is 1. The van der Waals surface area contributed by atoms with E-state index >= 15 is 0 Å². The molecule has 7 heteroatoms. The van der Waals surface area contributed by atoms with Crippen LogP contribution in [-0.4, -0.2) is 30.5 Å². The first kappa shape index (κ1) is 13.1. The van der Waals surface area contributed by atoms with E-state index in [1.54, 1.807) is 6.07 Å². The molecular weight excluding hydrogens is 250 g/mol. The molecule has 1 aromatic carbocycles. The topological polar surface area (TPSA) is 93.5 Å². The molecule has 0 saturated carbocycles. The third-order valence-electron chi connectivity index (χ3n) is 3.00. The van der Waals surface area contributed by atoms with Gasteiger partial charge in [0.25, 0.3) is 0 Å². The number of anilines is 1. The molecule has 1 fully saturated rings. The highest BCUT2D eigenvalue weighted by atomic mass is 16.6. The van der Waals surface area contributed by atoms with Crippen LogP contribution in [0.2, 0.25) is 0 Å². The standard InChI is InChI=1S/C12H15N3O4/c1-19-11-7-8(4-5-10(11)15(17)18)14-9-3-2-6-13-12(9)16/h4-5,7,9,14H,2-3,6H2,1H3,(H,13,16). The molecule has 19 heavy (non-hydrogen) atoms. The van der Waals surface area contributed by atoms with Gasteiger partial charge >= 0.3 is 5.69 Å². The number of nitrogens with one attached hydrogen (secondary N) is 2. The normalized spacial score (nSPS) is 18.6. The fraction of sp³-hybridized carbons (Fsp3) is 0.417. The Hall–Kier alpha value is -2.31. The number of carbonyl (C=O) groups excluding carboxylic acids is 1. The Morgan fingerprint density at radius 2 is 2.32 bits per heavy atom. The maximum Gasteiger partial charge on any atom is 0.311 e. The number of hydrogen-bond acceptors (Lipinski definition) is 5. The molecule has 0 aromatic heterocycles. The second-order valence-electron chi connectivity index (χ2n) is 4.27. The van der Waals surface area contributed by atoms with E-state index in [9.17, 15) is 14.9 Å². The smallest absolute Gasteiger partial charge is 0.311 e. The van der Waals surface area contributed by atoms with Crippen molar-refractivity contribution in [3.63, 3.8) is 0 Å². The fourth-order valence-corrected chi connectivity index (χ4v) is 2.03. The molecule has 1 aliphatic rings. The predicted molar refractivity (Wildman–Crippen MR) is 69.3 cm³/mol. The summed E-state index contributed by atoms with van der Waals surface area (Å²) in [6.07, 6.45) is 1.65. The Labute approximate surface area is 110 Å². The predicted octanol–water partition coefficient (Wildman–Crippen LogP) is 1.29. The van der Waals surface area contributed by atoms with Crippen molar-refractivity contribution in [2.45, 2.75) is 18.9 Å². The van der Waals surface area contributed by atoms with Gasteiger partial charge < -0.3 is 15.4 Å². The molecular formula is C12H15N3O4. The van der Waals surface area contributed by atoms with Crippen LogP contribution in [0.25, 0.3) is 0 Å². The number of ether oxygens (including phenoxy) is 1. The van der Waals surface area contributed by atoms with Crippen LogP contribution >= 0.6 is 0 Å². The van der Waals surface area contributed by atoms with E-state index in [0.717, 1.165) is 12.8 Å². The van der Waals surface area contributed by atoms with Gasteiger partial charge in [0.1, 0.15) is 6.04 Å². The lowest BCUT2D eigenvalue weighted by Gasteiger charge is -2.23. The first-order chi connectivity index (χ1) is 9.11. The van der Waals surface area contributed by atoms with E-state index in [1.165, 1.54) is 19.2 Å². The van der Waals surface area contributed by atoms with Crippen molar-refractivity contribution in [3.05, 3.63) is 28.3 Å². The number of benzene rings is 1. The Kier molecular flexibility index (Phi) is 3.84. The third kappa shape index (κ3) is 2.93. The van der Waals surface area contributed by atoms with Gasteiger partial charge in [0, 0.05) is 24.4 Å². The summed E-state index contributed by atoms with van der Waals surface area (Å²) in [6.45, 7) is 0.695. The number of rotatable bonds is 4. The minimum atomic E-state index is -0.504. The van der Waals surface area contributed by atoms with E-state index in [2.05, 4.69) is 10.6 Å². The molecule has 2 N–H and O–H groups in total. The van der Waals surface area contributed by atoms with Crippen molar-refractivity contribution in [1.29, 1.82) is 0 Å². The van der Waals surface area contributed by atoms with Gasteiger partial charge in [-0.15, -0.1) is 0 Å². The van der Waals surface area contributed by atoms with Crippen molar-refractivity contribution in [1.82, 2.24) is 5.32 Å². The highest BCUT2D eigenvalue weighted by Gasteiger charge is 2.22. The summed E-state index contributed by atoms with van der Waals surface area (Å²) in [4.78, 5) is 21.9. The van der Waals surface area contributed by atoms with Gasteiger partial charge in [-0.05, 0) is 18.9 Å². The molecule has 1 unspecified atom stereocenters. The van der Waals surface area contributed by atoms with Gasteiger partial charge in [0.05, 0.1) is 12.0 Å². The zero-order valence-electron chi connectivity index (χ0n) is 10.5. The molecule has 1 amide bonds.